The number of hydrogen-bond acceptors (Lipinski definition) is 2. The molecule has 0 fully saturated rings. The van der Waals surface area contributed by atoms with Crippen molar-refractivity contribution in [1.29, 1.82) is 0 Å². The lowest BCUT2D eigenvalue weighted by atomic mass is 9.96. The fourth-order valence-electron chi connectivity index (χ4n) is 2.38. The zero-order chi connectivity index (χ0) is 14.0. The lowest BCUT2D eigenvalue weighted by Crippen LogP contribution is -2.10. The standard InChI is InChI=1S/C17H22N2/c1-11-6-7-18-10-17(11)19-15(5)16-9-13(3)12(2)8-14(16)4/h6-10,15,19H,1-5H3. The quantitative estimate of drug-likeness (QED) is 0.873. The van der Waals surface area contributed by atoms with Gasteiger partial charge in [0.05, 0.1) is 11.9 Å². The van der Waals surface area contributed by atoms with Gasteiger partial charge in [-0.3, -0.25) is 4.98 Å². The molecule has 2 nitrogen and oxygen atoms in total. The minimum Gasteiger partial charge on any atom is -0.377 e. The van der Waals surface area contributed by atoms with Gasteiger partial charge in [-0.05, 0) is 68.5 Å². The highest BCUT2D eigenvalue weighted by Gasteiger charge is 2.11. The van der Waals surface area contributed by atoms with Gasteiger partial charge in [0.15, 0.2) is 0 Å². The van der Waals surface area contributed by atoms with Crippen LogP contribution in [0.25, 0.3) is 0 Å². The SMILES string of the molecule is Cc1cc(C)c(C(C)Nc2cnccc2C)cc1C. The van der Waals surface area contributed by atoms with Gasteiger partial charge in [-0.1, -0.05) is 12.1 Å². The highest BCUT2D eigenvalue weighted by Crippen LogP contribution is 2.25. The van der Waals surface area contributed by atoms with E-state index in [0.29, 0.717) is 0 Å². The van der Waals surface area contributed by atoms with Crippen LogP contribution in [0, 0.1) is 27.7 Å². The van der Waals surface area contributed by atoms with Crippen molar-refractivity contribution in [3.63, 3.8) is 0 Å². The average molecular weight is 254 g/mol. The van der Waals surface area contributed by atoms with Crippen LogP contribution in [0.2, 0.25) is 0 Å². The summed E-state index contributed by atoms with van der Waals surface area (Å²) >= 11 is 0. The molecule has 0 radical (unpaired) electrons. The maximum atomic E-state index is 4.18. The monoisotopic (exact) mass is 254 g/mol. The van der Waals surface area contributed by atoms with Gasteiger partial charge < -0.3 is 5.32 Å². The van der Waals surface area contributed by atoms with Crippen LogP contribution in [0.4, 0.5) is 5.69 Å². The van der Waals surface area contributed by atoms with Crippen LogP contribution in [0.3, 0.4) is 0 Å². The molecule has 2 heteroatoms. The zero-order valence-corrected chi connectivity index (χ0v) is 12.4. The topological polar surface area (TPSA) is 24.9 Å². The van der Waals surface area contributed by atoms with E-state index in [1.54, 1.807) is 0 Å². The Morgan fingerprint density at radius 3 is 2.32 bits per heavy atom. The van der Waals surface area contributed by atoms with E-state index >= 15 is 0 Å². The number of nitrogens with zero attached hydrogens (tertiary/aromatic N) is 1. The molecule has 2 aromatic rings. The summed E-state index contributed by atoms with van der Waals surface area (Å²) in [4.78, 5) is 4.18. The number of hydrogen-bond donors (Lipinski definition) is 1. The van der Waals surface area contributed by atoms with Crippen LogP contribution in [-0.4, -0.2) is 4.98 Å². The Balaban J connectivity index is 2.28. The first-order valence-electron chi connectivity index (χ1n) is 6.74. The molecule has 1 unspecified atom stereocenters. The number of pyridine rings is 1. The number of benzene rings is 1. The van der Waals surface area contributed by atoms with Crippen molar-refractivity contribution in [2.45, 2.75) is 40.7 Å². The first-order chi connectivity index (χ1) is 8.99. The Hall–Kier alpha value is -1.83. The molecule has 1 heterocycles. The number of nitrogens with one attached hydrogen (secondary N) is 1. The fourth-order valence-corrected chi connectivity index (χ4v) is 2.38. The predicted molar refractivity (Wildman–Crippen MR) is 81.7 cm³/mol. The van der Waals surface area contributed by atoms with Gasteiger partial charge in [0.1, 0.15) is 0 Å². The van der Waals surface area contributed by atoms with E-state index in [-0.39, 0.29) is 6.04 Å². The number of anilines is 1. The van der Waals surface area contributed by atoms with E-state index in [9.17, 15) is 0 Å². The van der Waals surface area contributed by atoms with Crippen molar-refractivity contribution in [2.24, 2.45) is 0 Å². The Morgan fingerprint density at radius 2 is 1.63 bits per heavy atom. The second-order valence-electron chi connectivity index (χ2n) is 5.35. The molecule has 100 valence electrons. The molecular weight excluding hydrogens is 232 g/mol. The molecule has 1 atom stereocenters. The van der Waals surface area contributed by atoms with Crippen LogP contribution in [0.15, 0.2) is 30.6 Å². The number of aromatic nitrogens is 1. The lowest BCUT2D eigenvalue weighted by molar-refractivity contribution is 0.867. The van der Waals surface area contributed by atoms with Gasteiger partial charge in [0.2, 0.25) is 0 Å². The van der Waals surface area contributed by atoms with E-state index in [0.717, 1.165) is 5.69 Å². The molecule has 1 aromatic heterocycles. The smallest absolute Gasteiger partial charge is 0.0561 e. The van der Waals surface area contributed by atoms with Gasteiger partial charge in [0, 0.05) is 12.2 Å². The van der Waals surface area contributed by atoms with Crippen LogP contribution < -0.4 is 5.32 Å². The molecule has 1 aromatic carbocycles. The highest BCUT2D eigenvalue weighted by atomic mass is 14.9. The molecular formula is C17H22N2. The highest BCUT2D eigenvalue weighted by molar-refractivity contribution is 5.51. The minimum atomic E-state index is 0.280. The maximum Gasteiger partial charge on any atom is 0.0561 e. The number of aryl methyl sites for hydroxylation is 4. The third kappa shape index (κ3) is 2.95. The van der Waals surface area contributed by atoms with Gasteiger partial charge in [0.25, 0.3) is 0 Å². The third-order valence-electron chi connectivity index (χ3n) is 3.76. The summed E-state index contributed by atoms with van der Waals surface area (Å²) < 4.78 is 0. The summed E-state index contributed by atoms with van der Waals surface area (Å²) in [6, 6.07) is 6.86. The molecule has 0 bridgehead atoms. The Morgan fingerprint density at radius 1 is 0.947 bits per heavy atom. The van der Waals surface area contributed by atoms with E-state index in [1.807, 2.05) is 18.5 Å². The van der Waals surface area contributed by atoms with Gasteiger partial charge in [-0.15, -0.1) is 0 Å². The maximum absolute atomic E-state index is 4.18. The zero-order valence-electron chi connectivity index (χ0n) is 12.4. The molecule has 0 aliphatic heterocycles. The fraction of sp³-hybridized carbons (Fsp3) is 0.353. The van der Waals surface area contributed by atoms with Crippen LogP contribution >= 0.6 is 0 Å². The summed E-state index contributed by atoms with van der Waals surface area (Å²) in [6.45, 7) is 10.8. The molecule has 0 amide bonds. The van der Waals surface area contributed by atoms with Gasteiger partial charge in [-0.2, -0.15) is 0 Å². The van der Waals surface area contributed by atoms with Crippen molar-refractivity contribution in [1.82, 2.24) is 4.98 Å². The van der Waals surface area contributed by atoms with E-state index in [4.69, 9.17) is 0 Å². The summed E-state index contributed by atoms with van der Waals surface area (Å²) in [7, 11) is 0. The summed E-state index contributed by atoms with van der Waals surface area (Å²) in [5.74, 6) is 0. The first-order valence-corrected chi connectivity index (χ1v) is 6.74. The third-order valence-corrected chi connectivity index (χ3v) is 3.76. The molecule has 1 N–H and O–H groups in total. The molecule has 0 saturated heterocycles. The first kappa shape index (κ1) is 13.6. The average Bonchev–Trinajstić information content (AvgIpc) is 2.36. The van der Waals surface area contributed by atoms with E-state index in [1.165, 1.54) is 27.8 Å². The van der Waals surface area contributed by atoms with E-state index in [2.05, 4.69) is 57.1 Å². The number of rotatable bonds is 3. The summed E-state index contributed by atoms with van der Waals surface area (Å²) in [6.07, 6.45) is 3.72. The van der Waals surface area contributed by atoms with Crippen molar-refractivity contribution in [3.05, 3.63) is 58.4 Å². The summed E-state index contributed by atoms with van der Waals surface area (Å²) in [5, 5.41) is 3.55. The van der Waals surface area contributed by atoms with Crippen molar-refractivity contribution >= 4 is 5.69 Å². The van der Waals surface area contributed by atoms with Crippen LogP contribution in [0.1, 0.15) is 40.8 Å². The van der Waals surface area contributed by atoms with Crippen molar-refractivity contribution in [2.75, 3.05) is 5.32 Å². The molecule has 0 saturated carbocycles. The largest absolute Gasteiger partial charge is 0.377 e. The molecule has 0 aliphatic carbocycles. The van der Waals surface area contributed by atoms with Crippen LogP contribution in [-0.2, 0) is 0 Å². The molecule has 0 aliphatic rings. The second kappa shape index (κ2) is 5.43. The minimum absolute atomic E-state index is 0.280. The van der Waals surface area contributed by atoms with Gasteiger partial charge >= 0.3 is 0 Å². The molecule has 19 heavy (non-hydrogen) atoms. The predicted octanol–water partition coefficient (Wildman–Crippen LogP) is 4.49. The Kier molecular flexibility index (Phi) is 3.89. The second-order valence-corrected chi connectivity index (χ2v) is 5.35. The lowest BCUT2D eigenvalue weighted by Gasteiger charge is -2.20. The van der Waals surface area contributed by atoms with Crippen molar-refractivity contribution in [3.8, 4) is 0 Å². The Labute approximate surface area is 115 Å². The Bertz CT molecular complexity index is 588. The summed E-state index contributed by atoms with van der Waals surface area (Å²) in [5.41, 5.74) is 7.72. The van der Waals surface area contributed by atoms with Crippen molar-refractivity contribution < 1.29 is 0 Å². The molecule has 2 rings (SSSR count). The molecule has 0 spiro atoms. The van der Waals surface area contributed by atoms with E-state index < -0.39 is 0 Å². The van der Waals surface area contributed by atoms with Crippen LogP contribution in [0.5, 0.6) is 0 Å². The normalized spacial score (nSPS) is 12.3. The van der Waals surface area contributed by atoms with Gasteiger partial charge in [-0.25, -0.2) is 0 Å².